The van der Waals surface area contributed by atoms with Gasteiger partial charge in [0.2, 0.25) is 0 Å². The van der Waals surface area contributed by atoms with E-state index in [1.807, 2.05) is 7.05 Å². The van der Waals surface area contributed by atoms with Gasteiger partial charge in [-0.25, -0.2) is 9.97 Å². The van der Waals surface area contributed by atoms with Crippen molar-refractivity contribution in [1.29, 1.82) is 0 Å². The fourth-order valence-corrected chi connectivity index (χ4v) is 3.51. The Labute approximate surface area is 133 Å². The maximum atomic E-state index is 4.83. The first-order valence-electron chi connectivity index (χ1n) is 7.06. The minimum Gasteiger partial charge on any atom is -0.372 e. The highest BCUT2D eigenvalue weighted by Crippen LogP contribution is 2.39. The number of nitrogens with zero attached hydrogens (tertiary/aromatic N) is 2. The molecule has 4 heteroatoms. The van der Waals surface area contributed by atoms with Crippen molar-refractivity contribution in [2.45, 2.75) is 32.1 Å². The lowest BCUT2D eigenvalue weighted by Gasteiger charge is -2.29. The molecule has 0 amide bonds. The highest BCUT2D eigenvalue weighted by Gasteiger charge is 2.30. The second kappa shape index (κ2) is 5.68. The van der Waals surface area contributed by atoms with Crippen LogP contribution in [0.5, 0.6) is 0 Å². The molecule has 1 aromatic carbocycles. The average molecular weight is 379 g/mol. The van der Waals surface area contributed by atoms with Gasteiger partial charge in [-0.05, 0) is 46.6 Å². The summed E-state index contributed by atoms with van der Waals surface area (Å²) in [6.45, 7) is 2.19. The minimum absolute atomic E-state index is 0.367. The fraction of sp³-hybridized carbons (Fsp3) is 0.375. The monoisotopic (exact) mass is 379 g/mol. The normalized spacial score (nSPS) is 16.4. The third kappa shape index (κ3) is 2.30. The number of benzene rings is 1. The van der Waals surface area contributed by atoms with Gasteiger partial charge < -0.3 is 5.32 Å². The van der Waals surface area contributed by atoms with Crippen molar-refractivity contribution in [3.8, 4) is 0 Å². The first-order valence-corrected chi connectivity index (χ1v) is 8.14. The molecule has 1 atom stereocenters. The lowest BCUT2D eigenvalue weighted by atomic mass is 9.77. The molecule has 1 unspecified atom stereocenters. The number of halogens is 1. The van der Waals surface area contributed by atoms with Crippen molar-refractivity contribution in [2.75, 3.05) is 12.4 Å². The van der Waals surface area contributed by atoms with Crippen molar-refractivity contribution in [1.82, 2.24) is 9.97 Å². The van der Waals surface area contributed by atoms with E-state index in [4.69, 9.17) is 9.97 Å². The first kappa shape index (κ1) is 13.8. The van der Waals surface area contributed by atoms with Crippen LogP contribution in [0.4, 0.5) is 5.82 Å². The molecule has 1 N–H and O–H groups in total. The Morgan fingerprint density at radius 3 is 2.80 bits per heavy atom. The van der Waals surface area contributed by atoms with Crippen LogP contribution in [-0.2, 0) is 12.8 Å². The van der Waals surface area contributed by atoms with E-state index in [1.165, 1.54) is 16.8 Å². The smallest absolute Gasteiger partial charge is 0.143 e. The van der Waals surface area contributed by atoms with Gasteiger partial charge in [0.25, 0.3) is 0 Å². The molecule has 1 aliphatic rings. The van der Waals surface area contributed by atoms with Crippen molar-refractivity contribution in [3.05, 3.63) is 50.5 Å². The maximum Gasteiger partial charge on any atom is 0.143 e. The quantitative estimate of drug-likeness (QED) is 0.823. The summed E-state index contributed by atoms with van der Waals surface area (Å²) >= 11 is 2.35. The minimum atomic E-state index is 0.367. The average Bonchev–Trinajstić information content (AvgIpc) is 2.43. The maximum absolute atomic E-state index is 4.83. The molecule has 1 aliphatic carbocycles. The standard InChI is InChI=1S/C16H18IN3/c1-3-6-13-14(17)16(18-2)20-15(19-13)12-9-10-7-4-5-8-11(10)12/h4-5,7-8,12H,3,6,9H2,1-2H3,(H,18,19,20). The van der Waals surface area contributed by atoms with Crippen LogP contribution in [0.3, 0.4) is 0 Å². The van der Waals surface area contributed by atoms with Crippen molar-refractivity contribution in [3.63, 3.8) is 0 Å². The third-order valence-electron chi connectivity index (χ3n) is 3.83. The van der Waals surface area contributed by atoms with Gasteiger partial charge in [-0.2, -0.15) is 0 Å². The SMILES string of the molecule is CCCc1nc(C2Cc3ccccc32)nc(NC)c1I. The van der Waals surface area contributed by atoms with Crippen LogP contribution in [0.1, 0.15) is 41.9 Å². The van der Waals surface area contributed by atoms with Crippen molar-refractivity contribution >= 4 is 28.4 Å². The Balaban J connectivity index is 2.01. The van der Waals surface area contributed by atoms with Gasteiger partial charge in [0.05, 0.1) is 9.26 Å². The van der Waals surface area contributed by atoms with Crippen LogP contribution in [0.25, 0.3) is 0 Å². The molecule has 104 valence electrons. The van der Waals surface area contributed by atoms with Crippen LogP contribution >= 0.6 is 22.6 Å². The fourth-order valence-electron chi connectivity index (χ4n) is 2.73. The van der Waals surface area contributed by atoms with E-state index in [2.05, 4.69) is 59.1 Å². The van der Waals surface area contributed by atoms with Crippen LogP contribution in [0.15, 0.2) is 24.3 Å². The number of rotatable bonds is 4. The van der Waals surface area contributed by atoms with Gasteiger partial charge in [0.15, 0.2) is 0 Å². The summed E-state index contributed by atoms with van der Waals surface area (Å²) in [5.74, 6) is 2.30. The molecule has 0 saturated carbocycles. The van der Waals surface area contributed by atoms with Gasteiger partial charge in [-0.1, -0.05) is 37.6 Å². The van der Waals surface area contributed by atoms with E-state index in [1.54, 1.807) is 0 Å². The Morgan fingerprint density at radius 2 is 2.10 bits per heavy atom. The van der Waals surface area contributed by atoms with E-state index >= 15 is 0 Å². The van der Waals surface area contributed by atoms with Crippen LogP contribution in [-0.4, -0.2) is 17.0 Å². The van der Waals surface area contributed by atoms with Gasteiger partial charge in [0, 0.05) is 13.0 Å². The highest BCUT2D eigenvalue weighted by molar-refractivity contribution is 14.1. The van der Waals surface area contributed by atoms with Crippen LogP contribution in [0.2, 0.25) is 0 Å². The number of hydrogen-bond acceptors (Lipinski definition) is 3. The van der Waals surface area contributed by atoms with Gasteiger partial charge in [0.1, 0.15) is 11.6 Å². The van der Waals surface area contributed by atoms with Crippen molar-refractivity contribution in [2.24, 2.45) is 0 Å². The molecule has 2 aromatic rings. The van der Waals surface area contributed by atoms with Gasteiger partial charge in [-0.15, -0.1) is 0 Å². The molecule has 1 aromatic heterocycles. The second-order valence-corrected chi connectivity index (χ2v) is 6.23. The molecule has 1 heterocycles. The molecule has 20 heavy (non-hydrogen) atoms. The third-order valence-corrected chi connectivity index (χ3v) is 4.96. The number of fused-ring (bicyclic) bond motifs is 1. The lowest BCUT2D eigenvalue weighted by Crippen LogP contribution is -2.22. The van der Waals surface area contributed by atoms with E-state index in [9.17, 15) is 0 Å². The summed E-state index contributed by atoms with van der Waals surface area (Å²) in [5.41, 5.74) is 3.99. The number of nitrogens with one attached hydrogen (secondary N) is 1. The van der Waals surface area contributed by atoms with E-state index in [0.717, 1.165) is 34.5 Å². The largest absolute Gasteiger partial charge is 0.372 e. The Bertz CT molecular complexity index is 640. The molecule has 0 spiro atoms. The van der Waals surface area contributed by atoms with Gasteiger partial charge in [-0.3, -0.25) is 0 Å². The highest BCUT2D eigenvalue weighted by atomic mass is 127. The second-order valence-electron chi connectivity index (χ2n) is 5.15. The van der Waals surface area contributed by atoms with Crippen molar-refractivity contribution < 1.29 is 0 Å². The summed E-state index contributed by atoms with van der Waals surface area (Å²) in [4.78, 5) is 9.56. The van der Waals surface area contributed by atoms with Gasteiger partial charge >= 0.3 is 0 Å². The van der Waals surface area contributed by atoms with E-state index < -0.39 is 0 Å². The summed E-state index contributed by atoms with van der Waals surface area (Å²) in [7, 11) is 1.93. The van der Waals surface area contributed by atoms with Crippen LogP contribution < -0.4 is 5.32 Å². The molecule has 0 aliphatic heterocycles. The molecular weight excluding hydrogens is 361 g/mol. The Hall–Kier alpha value is -1.17. The summed E-state index contributed by atoms with van der Waals surface area (Å²) in [6, 6.07) is 8.60. The molecular formula is C16H18IN3. The number of aryl methyl sites for hydroxylation is 1. The predicted octanol–water partition coefficient (Wildman–Crippen LogP) is 3.76. The predicted molar refractivity (Wildman–Crippen MR) is 90.3 cm³/mol. The Morgan fingerprint density at radius 1 is 1.30 bits per heavy atom. The molecule has 0 bridgehead atoms. The molecule has 0 fully saturated rings. The topological polar surface area (TPSA) is 37.8 Å². The zero-order chi connectivity index (χ0) is 14.1. The number of anilines is 1. The molecule has 3 rings (SSSR count). The molecule has 3 nitrogen and oxygen atoms in total. The summed E-state index contributed by atoms with van der Waals surface area (Å²) in [6.07, 6.45) is 3.18. The summed E-state index contributed by atoms with van der Waals surface area (Å²) in [5, 5.41) is 3.20. The summed E-state index contributed by atoms with van der Waals surface area (Å²) < 4.78 is 1.16. The van der Waals surface area contributed by atoms with E-state index in [0.29, 0.717) is 5.92 Å². The Kier molecular flexibility index (Phi) is 3.92. The number of hydrogen-bond donors (Lipinski definition) is 1. The zero-order valence-corrected chi connectivity index (χ0v) is 13.9. The molecule has 0 radical (unpaired) electrons. The first-order chi connectivity index (χ1) is 9.74. The number of aromatic nitrogens is 2. The molecule has 0 saturated heterocycles. The lowest BCUT2D eigenvalue weighted by molar-refractivity contribution is 0.651. The van der Waals surface area contributed by atoms with E-state index in [-0.39, 0.29) is 0 Å². The zero-order valence-electron chi connectivity index (χ0n) is 11.8. The van der Waals surface area contributed by atoms with Crippen LogP contribution in [0, 0.1) is 3.57 Å².